The molecule has 0 amide bonds. The summed E-state index contributed by atoms with van der Waals surface area (Å²) >= 11 is 0. The van der Waals surface area contributed by atoms with Crippen LogP contribution in [0.5, 0.6) is 0 Å². The van der Waals surface area contributed by atoms with Crippen LogP contribution in [-0.4, -0.2) is 96.7 Å². The van der Waals surface area contributed by atoms with Crippen LogP contribution >= 0.6 is 0 Å². The van der Waals surface area contributed by atoms with Crippen molar-refractivity contribution in [3.05, 3.63) is 0 Å². The van der Waals surface area contributed by atoms with Gasteiger partial charge >= 0.3 is 91.0 Å². The zero-order valence-electron chi connectivity index (χ0n) is 2.91. The summed E-state index contributed by atoms with van der Waals surface area (Å²) in [5.41, 5.74) is 0. The molecule has 0 heterocycles. The monoisotopic (exact) mass is 238 g/mol. The van der Waals surface area contributed by atoms with Crippen LogP contribution in [0.1, 0.15) is 13.8 Å². The molecule has 0 N–H and O–H groups in total. The molecule has 6 heavy (non-hydrogen) atoms. The van der Waals surface area contributed by atoms with Gasteiger partial charge in [0.2, 0.25) is 0 Å². The van der Waals surface area contributed by atoms with Gasteiger partial charge < -0.3 is 4.79 Å². The Bertz CT molecular complexity index is 31.8. The molecule has 0 aliphatic heterocycles. The van der Waals surface area contributed by atoms with Gasteiger partial charge in [-0.2, -0.15) is 0 Å². The molecule has 0 atom stereocenters. The minimum atomic E-state index is 0. The van der Waals surface area contributed by atoms with Crippen molar-refractivity contribution in [1.82, 2.24) is 0 Å². The van der Waals surface area contributed by atoms with Crippen LogP contribution in [0.2, 0.25) is 0 Å². The third-order valence-electron chi connectivity index (χ3n) is 0. The molecular formula is C3H10OSr2. The topological polar surface area (TPSA) is 17.1 Å². The van der Waals surface area contributed by atoms with Crippen molar-refractivity contribution >= 4 is 96.7 Å². The first-order chi connectivity index (χ1) is 1.73. The van der Waals surface area contributed by atoms with Crippen LogP contribution in [0.25, 0.3) is 0 Å². The molecule has 32 valence electrons. The van der Waals surface area contributed by atoms with Crippen molar-refractivity contribution in [2.24, 2.45) is 0 Å². The summed E-state index contributed by atoms with van der Waals surface area (Å²) < 4.78 is 0. The van der Waals surface area contributed by atoms with Gasteiger partial charge in [-0.3, -0.25) is 0 Å². The fraction of sp³-hybridized carbons (Fsp3) is 0.667. The zero-order chi connectivity index (χ0) is 3.58. The molecule has 0 radical (unpaired) electrons. The van der Waals surface area contributed by atoms with Crippen molar-refractivity contribution in [3.8, 4) is 0 Å². The second kappa shape index (κ2) is 10.6. The summed E-state index contributed by atoms with van der Waals surface area (Å²) in [6.45, 7) is 3.06. The third-order valence-corrected chi connectivity index (χ3v) is 0. The predicted octanol–water partition coefficient (Wildman–Crippen LogP) is -1.24. The first kappa shape index (κ1) is 15.9. The normalized spacial score (nSPS) is 4.33. The van der Waals surface area contributed by atoms with E-state index in [1.165, 1.54) is 13.8 Å². The molecule has 0 aliphatic rings. The summed E-state index contributed by atoms with van der Waals surface area (Å²) in [6, 6.07) is 0. The average molecular weight is 237 g/mol. The van der Waals surface area contributed by atoms with Crippen molar-refractivity contribution in [3.63, 3.8) is 0 Å². The van der Waals surface area contributed by atoms with Gasteiger partial charge in [-0.15, -0.1) is 0 Å². The average Bonchev–Trinajstić information content (AvgIpc) is 0.811. The molecule has 0 unspecified atom stereocenters. The molecule has 0 fully saturated rings. The standard InChI is InChI=1S/C3H6O.2Sr.4H/c1-3(2)4;;;;;;/h1-2H3;;;;;;. The van der Waals surface area contributed by atoms with Crippen LogP contribution in [0, 0.1) is 0 Å². The quantitative estimate of drug-likeness (QED) is 0.482. The van der Waals surface area contributed by atoms with Crippen molar-refractivity contribution in [2.45, 2.75) is 13.8 Å². The summed E-state index contributed by atoms with van der Waals surface area (Å²) in [5.74, 6) is 0.167. The minimum absolute atomic E-state index is 0. The molecule has 0 saturated heterocycles. The molecular weight excluding hydrogens is 227 g/mol. The summed E-state index contributed by atoms with van der Waals surface area (Å²) in [4.78, 5) is 9.44. The SMILES string of the molecule is CC(C)=O.[SrH2].[SrH2]. The van der Waals surface area contributed by atoms with E-state index in [9.17, 15) is 4.79 Å². The zero-order valence-corrected chi connectivity index (χ0v) is 2.91. The molecule has 3 heteroatoms. The molecule has 0 aromatic carbocycles. The summed E-state index contributed by atoms with van der Waals surface area (Å²) in [7, 11) is 0. The molecule has 0 aromatic heterocycles. The van der Waals surface area contributed by atoms with Gasteiger partial charge in [0.05, 0.1) is 0 Å². The van der Waals surface area contributed by atoms with E-state index in [1.807, 2.05) is 0 Å². The molecule has 0 bridgehead atoms. The predicted molar refractivity (Wildman–Crippen MR) is 33.4 cm³/mol. The Morgan fingerprint density at radius 3 is 1.17 bits per heavy atom. The van der Waals surface area contributed by atoms with Crippen molar-refractivity contribution in [2.75, 3.05) is 0 Å². The number of Topliss-reactive ketones (excluding diaryl/α,β-unsaturated/α-hetero) is 1. The molecule has 0 spiro atoms. The van der Waals surface area contributed by atoms with Gasteiger partial charge in [-0.1, -0.05) is 0 Å². The van der Waals surface area contributed by atoms with Gasteiger partial charge in [-0.25, -0.2) is 0 Å². The van der Waals surface area contributed by atoms with Crippen LogP contribution in [0.3, 0.4) is 0 Å². The number of rotatable bonds is 0. The van der Waals surface area contributed by atoms with E-state index in [2.05, 4.69) is 0 Å². The Kier molecular flexibility index (Phi) is 28.0. The van der Waals surface area contributed by atoms with E-state index < -0.39 is 0 Å². The van der Waals surface area contributed by atoms with Gasteiger partial charge in [0.15, 0.2) is 0 Å². The number of ketones is 1. The van der Waals surface area contributed by atoms with Crippen LogP contribution < -0.4 is 0 Å². The fourth-order valence-corrected chi connectivity index (χ4v) is 0. The molecule has 1 nitrogen and oxygen atoms in total. The van der Waals surface area contributed by atoms with Crippen molar-refractivity contribution < 1.29 is 4.79 Å². The van der Waals surface area contributed by atoms with E-state index in [0.717, 1.165) is 0 Å². The Labute approximate surface area is 112 Å². The number of hydrogen-bond acceptors (Lipinski definition) is 1. The van der Waals surface area contributed by atoms with E-state index in [4.69, 9.17) is 0 Å². The Morgan fingerprint density at radius 1 is 1.17 bits per heavy atom. The number of hydrogen-bond donors (Lipinski definition) is 0. The molecule has 0 aliphatic carbocycles. The maximum atomic E-state index is 9.44. The Morgan fingerprint density at radius 2 is 1.17 bits per heavy atom. The van der Waals surface area contributed by atoms with Gasteiger partial charge in [0.1, 0.15) is 5.78 Å². The van der Waals surface area contributed by atoms with Gasteiger partial charge in [-0.05, 0) is 13.8 Å². The van der Waals surface area contributed by atoms with E-state index >= 15 is 0 Å². The summed E-state index contributed by atoms with van der Waals surface area (Å²) in [6.07, 6.45) is 0. The first-order valence-corrected chi connectivity index (χ1v) is 1.20. The van der Waals surface area contributed by atoms with Crippen LogP contribution in [0.4, 0.5) is 0 Å². The third kappa shape index (κ3) is 30.4. The molecule has 0 saturated carbocycles. The maximum absolute atomic E-state index is 9.44. The Balaban J connectivity index is -0.0000000450. The first-order valence-electron chi connectivity index (χ1n) is 1.20. The number of carbonyl (C=O) groups excluding carboxylic acids is 1. The van der Waals surface area contributed by atoms with Gasteiger partial charge in [0, 0.05) is 0 Å². The summed E-state index contributed by atoms with van der Waals surface area (Å²) in [5, 5.41) is 0. The van der Waals surface area contributed by atoms with Crippen LogP contribution in [-0.2, 0) is 4.79 Å². The van der Waals surface area contributed by atoms with E-state index in [-0.39, 0.29) is 96.7 Å². The molecule has 0 aromatic rings. The second-order valence-corrected chi connectivity index (χ2v) is 0.908. The van der Waals surface area contributed by atoms with Crippen LogP contribution in [0.15, 0.2) is 0 Å². The fourth-order valence-electron chi connectivity index (χ4n) is 0. The van der Waals surface area contributed by atoms with E-state index in [0.29, 0.717) is 0 Å². The second-order valence-electron chi connectivity index (χ2n) is 0.908. The molecule has 0 rings (SSSR count). The van der Waals surface area contributed by atoms with Crippen molar-refractivity contribution in [1.29, 1.82) is 0 Å². The van der Waals surface area contributed by atoms with E-state index in [1.54, 1.807) is 0 Å². The number of carbonyl (C=O) groups is 1. The van der Waals surface area contributed by atoms with Gasteiger partial charge in [0.25, 0.3) is 0 Å². The Hall–Kier alpha value is 2.63.